The van der Waals surface area contributed by atoms with E-state index in [1.807, 2.05) is 50.2 Å². The van der Waals surface area contributed by atoms with Gasteiger partial charge in [0.25, 0.3) is 0 Å². The lowest BCUT2D eigenvalue weighted by molar-refractivity contribution is 0.0227. The van der Waals surface area contributed by atoms with Crippen molar-refractivity contribution in [2.75, 3.05) is 6.54 Å². The summed E-state index contributed by atoms with van der Waals surface area (Å²) < 4.78 is 5.55. The number of nitrogens with zero attached hydrogens (tertiary/aromatic N) is 2. The summed E-state index contributed by atoms with van der Waals surface area (Å²) >= 11 is 0. The molecule has 1 aromatic heterocycles. The van der Waals surface area contributed by atoms with E-state index in [9.17, 15) is 4.79 Å². The molecular weight excluding hydrogens is 288 g/mol. The third-order valence-electron chi connectivity index (χ3n) is 4.21. The molecule has 1 aromatic carbocycles. The molecular formula is C19H24N2O2. The highest BCUT2D eigenvalue weighted by Crippen LogP contribution is 2.26. The number of aromatic nitrogens is 1. The van der Waals surface area contributed by atoms with Gasteiger partial charge in [0.15, 0.2) is 0 Å². The van der Waals surface area contributed by atoms with Crippen LogP contribution in [0.1, 0.15) is 39.2 Å². The number of ether oxygens (including phenoxy) is 1. The van der Waals surface area contributed by atoms with Crippen LogP contribution >= 0.6 is 0 Å². The van der Waals surface area contributed by atoms with Crippen LogP contribution in [0.2, 0.25) is 0 Å². The van der Waals surface area contributed by atoms with Gasteiger partial charge in [-0.3, -0.25) is 4.98 Å². The first-order valence-electron chi connectivity index (χ1n) is 8.25. The number of carbonyl (C=O) groups is 1. The highest BCUT2D eigenvalue weighted by atomic mass is 16.6. The van der Waals surface area contributed by atoms with E-state index in [2.05, 4.69) is 17.1 Å². The standard InChI is InChI=1S/C19H24N2O2/c1-19(2,3)23-18(22)21-10-6-8-16(21)11-15-13-20-12-14-7-4-5-9-17(14)15/h4-5,7,9,12-13,16H,6,8,10-11H2,1-3H3/t16-/m1/s1. The predicted octanol–water partition coefficient (Wildman–Crippen LogP) is 4.18. The number of hydrogen-bond acceptors (Lipinski definition) is 3. The van der Waals surface area contributed by atoms with E-state index in [0.29, 0.717) is 0 Å². The molecule has 1 atom stereocenters. The topological polar surface area (TPSA) is 42.4 Å². The van der Waals surface area contributed by atoms with E-state index in [4.69, 9.17) is 4.74 Å². The number of likely N-dealkylation sites (tertiary alicyclic amines) is 1. The van der Waals surface area contributed by atoms with Gasteiger partial charge in [-0.1, -0.05) is 24.3 Å². The Morgan fingerprint density at radius 2 is 2.09 bits per heavy atom. The van der Waals surface area contributed by atoms with Gasteiger partial charge in [0.2, 0.25) is 0 Å². The Labute approximate surface area is 137 Å². The van der Waals surface area contributed by atoms with Gasteiger partial charge >= 0.3 is 6.09 Å². The molecule has 0 spiro atoms. The minimum absolute atomic E-state index is 0.192. The molecule has 0 N–H and O–H groups in total. The van der Waals surface area contributed by atoms with E-state index >= 15 is 0 Å². The zero-order valence-corrected chi connectivity index (χ0v) is 14.1. The minimum atomic E-state index is -0.453. The zero-order valence-electron chi connectivity index (χ0n) is 14.1. The van der Waals surface area contributed by atoms with Crippen LogP contribution in [0.15, 0.2) is 36.7 Å². The van der Waals surface area contributed by atoms with Crippen LogP contribution < -0.4 is 0 Å². The molecule has 4 heteroatoms. The molecule has 0 saturated carbocycles. The van der Waals surface area contributed by atoms with Crippen molar-refractivity contribution in [3.63, 3.8) is 0 Å². The van der Waals surface area contributed by atoms with Gasteiger partial charge in [0.05, 0.1) is 0 Å². The molecule has 1 aliphatic rings. The molecule has 3 rings (SSSR count). The lowest BCUT2D eigenvalue weighted by atomic mass is 10.0. The number of rotatable bonds is 2. The highest BCUT2D eigenvalue weighted by molar-refractivity contribution is 5.84. The fourth-order valence-electron chi connectivity index (χ4n) is 3.20. The number of hydrogen-bond donors (Lipinski definition) is 0. The van der Waals surface area contributed by atoms with Gasteiger partial charge < -0.3 is 9.64 Å². The fourth-order valence-corrected chi connectivity index (χ4v) is 3.20. The van der Waals surface area contributed by atoms with Gasteiger partial charge in [-0.2, -0.15) is 0 Å². The molecule has 0 aliphatic carbocycles. The van der Waals surface area contributed by atoms with Crippen LogP contribution in [0, 0.1) is 0 Å². The first-order valence-corrected chi connectivity index (χ1v) is 8.25. The van der Waals surface area contributed by atoms with Crippen LogP contribution in [0.25, 0.3) is 10.8 Å². The van der Waals surface area contributed by atoms with Crippen molar-refractivity contribution in [2.24, 2.45) is 0 Å². The summed E-state index contributed by atoms with van der Waals surface area (Å²) in [5, 5.41) is 2.37. The normalized spacial score (nSPS) is 18.4. The summed E-state index contributed by atoms with van der Waals surface area (Å²) in [5.74, 6) is 0. The third kappa shape index (κ3) is 3.63. The van der Waals surface area contributed by atoms with Crippen molar-refractivity contribution in [1.29, 1.82) is 0 Å². The van der Waals surface area contributed by atoms with E-state index in [0.717, 1.165) is 31.2 Å². The molecule has 0 unspecified atom stereocenters. The Morgan fingerprint density at radius 3 is 2.87 bits per heavy atom. The van der Waals surface area contributed by atoms with Crippen LogP contribution in [-0.4, -0.2) is 34.2 Å². The summed E-state index contributed by atoms with van der Waals surface area (Å²) in [4.78, 5) is 18.6. The quantitative estimate of drug-likeness (QED) is 0.835. The summed E-state index contributed by atoms with van der Waals surface area (Å²) in [6.07, 6.45) is 6.48. The second kappa shape index (κ2) is 6.19. The molecule has 2 aromatic rings. The number of pyridine rings is 1. The molecule has 4 nitrogen and oxygen atoms in total. The van der Waals surface area contributed by atoms with Gasteiger partial charge in [0.1, 0.15) is 5.60 Å². The molecule has 1 fully saturated rings. The summed E-state index contributed by atoms with van der Waals surface area (Å²) in [7, 11) is 0. The predicted molar refractivity (Wildman–Crippen MR) is 91.4 cm³/mol. The Bertz CT molecular complexity index is 701. The maximum atomic E-state index is 12.4. The second-order valence-corrected chi connectivity index (χ2v) is 7.19. The molecule has 122 valence electrons. The first-order chi connectivity index (χ1) is 10.9. The monoisotopic (exact) mass is 312 g/mol. The van der Waals surface area contributed by atoms with Crippen molar-refractivity contribution in [1.82, 2.24) is 9.88 Å². The minimum Gasteiger partial charge on any atom is -0.444 e. The van der Waals surface area contributed by atoms with E-state index in [-0.39, 0.29) is 12.1 Å². The van der Waals surface area contributed by atoms with E-state index < -0.39 is 5.60 Å². The summed E-state index contributed by atoms with van der Waals surface area (Å²) in [6.45, 7) is 6.50. The van der Waals surface area contributed by atoms with Crippen molar-refractivity contribution >= 4 is 16.9 Å². The lowest BCUT2D eigenvalue weighted by Crippen LogP contribution is -2.40. The number of benzene rings is 1. The average molecular weight is 312 g/mol. The Balaban J connectivity index is 1.79. The largest absolute Gasteiger partial charge is 0.444 e. The molecule has 1 aliphatic heterocycles. The smallest absolute Gasteiger partial charge is 0.410 e. The van der Waals surface area contributed by atoms with Crippen LogP contribution in [0.4, 0.5) is 4.79 Å². The number of amides is 1. The number of fused-ring (bicyclic) bond motifs is 1. The Kier molecular flexibility index (Phi) is 4.24. The van der Waals surface area contributed by atoms with Gasteiger partial charge in [-0.15, -0.1) is 0 Å². The SMILES string of the molecule is CC(C)(C)OC(=O)N1CCC[C@@H]1Cc1cncc2ccccc12. The molecule has 1 saturated heterocycles. The molecule has 0 radical (unpaired) electrons. The maximum absolute atomic E-state index is 12.4. The van der Waals surface area contributed by atoms with Crippen molar-refractivity contribution in [3.8, 4) is 0 Å². The van der Waals surface area contributed by atoms with Crippen molar-refractivity contribution in [3.05, 3.63) is 42.2 Å². The molecule has 2 heterocycles. The zero-order chi connectivity index (χ0) is 16.4. The fraction of sp³-hybridized carbons (Fsp3) is 0.474. The highest BCUT2D eigenvalue weighted by Gasteiger charge is 2.32. The maximum Gasteiger partial charge on any atom is 0.410 e. The molecule has 1 amide bonds. The Morgan fingerprint density at radius 1 is 1.30 bits per heavy atom. The molecule has 23 heavy (non-hydrogen) atoms. The Hall–Kier alpha value is -2.10. The van der Waals surface area contributed by atoms with Crippen molar-refractivity contribution < 1.29 is 9.53 Å². The molecule has 0 bridgehead atoms. The third-order valence-corrected chi connectivity index (χ3v) is 4.21. The first kappa shape index (κ1) is 15.8. The summed E-state index contributed by atoms with van der Waals surface area (Å²) in [6, 6.07) is 8.46. The van der Waals surface area contributed by atoms with Gasteiger partial charge in [-0.05, 0) is 51.0 Å². The van der Waals surface area contributed by atoms with E-state index in [1.165, 1.54) is 10.9 Å². The lowest BCUT2D eigenvalue weighted by Gasteiger charge is -2.28. The summed E-state index contributed by atoms with van der Waals surface area (Å²) in [5.41, 5.74) is 0.745. The average Bonchev–Trinajstić information content (AvgIpc) is 2.94. The van der Waals surface area contributed by atoms with Crippen LogP contribution in [0.5, 0.6) is 0 Å². The second-order valence-electron chi connectivity index (χ2n) is 7.19. The van der Waals surface area contributed by atoms with E-state index in [1.54, 1.807) is 0 Å². The van der Waals surface area contributed by atoms with Crippen LogP contribution in [-0.2, 0) is 11.2 Å². The van der Waals surface area contributed by atoms with Gasteiger partial charge in [-0.25, -0.2) is 4.79 Å². The van der Waals surface area contributed by atoms with Crippen LogP contribution in [0.3, 0.4) is 0 Å². The number of carbonyl (C=O) groups excluding carboxylic acids is 1. The van der Waals surface area contributed by atoms with Gasteiger partial charge in [0, 0.05) is 30.4 Å². The van der Waals surface area contributed by atoms with Crippen molar-refractivity contribution in [2.45, 2.75) is 51.7 Å².